The number of esters is 1. The summed E-state index contributed by atoms with van der Waals surface area (Å²) in [6, 6.07) is 5.43. The Morgan fingerprint density at radius 3 is 2.55 bits per heavy atom. The highest BCUT2D eigenvalue weighted by molar-refractivity contribution is 7.71. The molecule has 1 aliphatic heterocycles. The number of methoxy groups -OCH3 is 1. The van der Waals surface area contributed by atoms with Gasteiger partial charge in [0.2, 0.25) is 5.91 Å². The first-order valence-corrected chi connectivity index (χ1v) is 12.3. The first-order valence-electron chi connectivity index (χ1n) is 11.8. The van der Waals surface area contributed by atoms with E-state index in [0.29, 0.717) is 41.9 Å². The number of aromatic nitrogens is 2. The number of ether oxygens (including phenoxy) is 1. The molecule has 0 atom stereocenters. The molecule has 2 fully saturated rings. The average Bonchev–Trinajstić information content (AvgIpc) is 2.85. The molecule has 1 N–H and O–H groups in total. The van der Waals surface area contributed by atoms with E-state index < -0.39 is 5.97 Å². The number of hydrogen-bond acceptors (Lipinski definition) is 6. The molecule has 1 aromatic heterocycles. The second-order valence-corrected chi connectivity index (χ2v) is 9.34. The molecule has 8 nitrogen and oxygen atoms in total. The van der Waals surface area contributed by atoms with Crippen molar-refractivity contribution in [1.82, 2.24) is 19.4 Å². The zero-order valence-electron chi connectivity index (χ0n) is 19.2. The largest absolute Gasteiger partial charge is 0.465 e. The third kappa shape index (κ3) is 5.35. The number of nitrogens with zero attached hydrogens (tertiary/aromatic N) is 3. The van der Waals surface area contributed by atoms with Crippen molar-refractivity contribution >= 4 is 35.0 Å². The van der Waals surface area contributed by atoms with Crippen molar-refractivity contribution in [2.45, 2.75) is 57.5 Å². The van der Waals surface area contributed by atoms with Crippen molar-refractivity contribution in [2.75, 3.05) is 33.3 Å². The summed E-state index contributed by atoms with van der Waals surface area (Å²) in [5.74, 6) is -0.330. The Morgan fingerprint density at radius 2 is 1.85 bits per heavy atom. The summed E-state index contributed by atoms with van der Waals surface area (Å²) in [4.78, 5) is 44.9. The molecule has 0 radical (unpaired) electrons. The lowest BCUT2D eigenvalue weighted by Gasteiger charge is -2.40. The quantitative estimate of drug-likeness (QED) is 0.514. The maximum absolute atomic E-state index is 12.9. The highest BCUT2D eigenvalue weighted by atomic mass is 32.1. The molecule has 1 saturated carbocycles. The molecule has 1 saturated heterocycles. The Morgan fingerprint density at radius 1 is 1.12 bits per heavy atom. The molecule has 2 aromatic rings. The maximum atomic E-state index is 12.9. The van der Waals surface area contributed by atoms with Gasteiger partial charge < -0.3 is 14.6 Å². The Hall–Kier alpha value is -2.52. The lowest BCUT2D eigenvalue weighted by atomic mass is 9.94. The number of carbonyl (C=O) groups excluding carboxylic acids is 2. The smallest absolute Gasteiger partial charge is 0.337 e. The number of amides is 1. The van der Waals surface area contributed by atoms with Crippen LogP contribution in [-0.4, -0.2) is 70.6 Å². The molecule has 0 spiro atoms. The third-order valence-electron chi connectivity index (χ3n) is 6.93. The first kappa shape index (κ1) is 23.6. The Kier molecular flexibility index (Phi) is 7.60. The number of aromatic amines is 1. The van der Waals surface area contributed by atoms with Crippen molar-refractivity contribution in [1.29, 1.82) is 0 Å². The topological polar surface area (TPSA) is 87.6 Å². The van der Waals surface area contributed by atoms with Crippen molar-refractivity contribution < 1.29 is 14.3 Å². The van der Waals surface area contributed by atoms with E-state index in [-0.39, 0.29) is 16.2 Å². The lowest BCUT2D eigenvalue weighted by Crippen LogP contribution is -2.52. The third-order valence-corrected chi connectivity index (χ3v) is 7.26. The summed E-state index contributed by atoms with van der Waals surface area (Å²) in [7, 11) is 1.31. The maximum Gasteiger partial charge on any atom is 0.337 e. The molecule has 2 heterocycles. The standard InChI is InChI=1S/C24H32N4O4S/c1-32-23(31)17-9-10-19-20(16-17)25-24(33)28(22(19)30)11-5-8-21(29)27-14-12-26(13-15-27)18-6-3-2-4-7-18/h9-10,16,18H,2-8,11-15H2,1H3,(H,25,33). The highest BCUT2D eigenvalue weighted by Crippen LogP contribution is 2.23. The Balaban J connectivity index is 1.33. The minimum atomic E-state index is -0.474. The van der Waals surface area contributed by atoms with Crippen molar-refractivity contribution in [3.05, 3.63) is 38.9 Å². The van der Waals surface area contributed by atoms with Crippen LogP contribution in [0.5, 0.6) is 0 Å². The SMILES string of the molecule is COC(=O)c1ccc2c(=O)n(CCCC(=O)N3CCN(C4CCCCC4)CC3)c(=S)[nH]c2c1. The monoisotopic (exact) mass is 472 g/mol. The van der Waals surface area contributed by atoms with E-state index in [1.807, 2.05) is 4.90 Å². The normalized spacial score (nSPS) is 17.9. The summed E-state index contributed by atoms with van der Waals surface area (Å²) in [6.07, 6.45) is 7.53. The number of benzene rings is 1. The summed E-state index contributed by atoms with van der Waals surface area (Å²) >= 11 is 5.37. The van der Waals surface area contributed by atoms with Crippen molar-refractivity contribution in [3.63, 3.8) is 0 Å². The summed E-state index contributed by atoms with van der Waals surface area (Å²) in [5, 5.41) is 0.446. The molecule has 1 amide bonds. The minimum absolute atomic E-state index is 0.143. The van der Waals surface area contributed by atoms with E-state index in [0.717, 1.165) is 26.2 Å². The Bertz CT molecular complexity index is 1130. The fraction of sp³-hybridized carbons (Fsp3) is 0.583. The predicted octanol–water partition coefficient (Wildman–Crippen LogP) is 3.10. The average molecular weight is 473 g/mol. The van der Waals surface area contributed by atoms with Crippen LogP contribution >= 0.6 is 12.2 Å². The van der Waals surface area contributed by atoms with E-state index in [1.165, 1.54) is 43.8 Å². The van der Waals surface area contributed by atoms with E-state index in [2.05, 4.69) is 9.88 Å². The second-order valence-electron chi connectivity index (χ2n) is 8.95. The number of hydrogen-bond donors (Lipinski definition) is 1. The number of fused-ring (bicyclic) bond motifs is 1. The number of rotatable bonds is 6. The van der Waals surface area contributed by atoms with Gasteiger partial charge in [-0.2, -0.15) is 0 Å². The molecule has 33 heavy (non-hydrogen) atoms. The van der Waals surface area contributed by atoms with Crippen LogP contribution in [0.15, 0.2) is 23.0 Å². The molecular formula is C24H32N4O4S. The van der Waals surface area contributed by atoms with Gasteiger partial charge in [0.1, 0.15) is 0 Å². The summed E-state index contributed by atoms with van der Waals surface area (Å²) in [6.45, 7) is 3.86. The van der Waals surface area contributed by atoms with Crippen LogP contribution in [0.2, 0.25) is 0 Å². The van der Waals surface area contributed by atoms with Gasteiger partial charge >= 0.3 is 5.97 Å². The van der Waals surface area contributed by atoms with Crippen LogP contribution in [-0.2, 0) is 16.1 Å². The van der Waals surface area contributed by atoms with Gasteiger partial charge in [-0.3, -0.25) is 19.1 Å². The molecule has 9 heteroatoms. The predicted molar refractivity (Wildman–Crippen MR) is 129 cm³/mol. The molecule has 4 rings (SSSR count). The van der Waals surface area contributed by atoms with Crippen molar-refractivity contribution in [2.24, 2.45) is 0 Å². The molecule has 0 unspecified atom stereocenters. The number of piperazine rings is 1. The van der Waals surface area contributed by atoms with Crippen LogP contribution in [0.4, 0.5) is 0 Å². The lowest BCUT2D eigenvalue weighted by molar-refractivity contribution is -0.133. The van der Waals surface area contributed by atoms with Gasteiger partial charge in [-0.05, 0) is 49.7 Å². The fourth-order valence-electron chi connectivity index (χ4n) is 5.03. The van der Waals surface area contributed by atoms with Gasteiger partial charge in [0.25, 0.3) is 5.56 Å². The van der Waals surface area contributed by atoms with Gasteiger partial charge in [-0.1, -0.05) is 19.3 Å². The molecule has 0 bridgehead atoms. The van der Waals surface area contributed by atoms with Crippen LogP contribution in [0.3, 0.4) is 0 Å². The van der Waals surface area contributed by atoms with Gasteiger partial charge in [-0.15, -0.1) is 0 Å². The summed E-state index contributed by atoms with van der Waals surface area (Å²) in [5.41, 5.74) is 0.622. The van der Waals surface area contributed by atoms with Gasteiger partial charge in [-0.25, -0.2) is 4.79 Å². The Labute approximate surface area is 198 Å². The van der Waals surface area contributed by atoms with Crippen LogP contribution in [0, 0.1) is 4.77 Å². The van der Waals surface area contributed by atoms with Gasteiger partial charge in [0.15, 0.2) is 4.77 Å². The summed E-state index contributed by atoms with van der Waals surface area (Å²) < 4.78 is 6.50. The number of H-pyrrole nitrogens is 1. The highest BCUT2D eigenvalue weighted by Gasteiger charge is 2.26. The molecule has 1 aliphatic carbocycles. The zero-order chi connectivity index (χ0) is 23.4. The first-order chi connectivity index (χ1) is 16.0. The number of nitrogens with one attached hydrogen (secondary N) is 1. The van der Waals surface area contributed by atoms with E-state index in [9.17, 15) is 14.4 Å². The molecule has 1 aromatic carbocycles. The zero-order valence-corrected chi connectivity index (χ0v) is 20.0. The van der Waals surface area contributed by atoms with E-state index in [4.69, 9.17) is 17.0 Å². The number of carbonyl (C=O) groups is 2. The van der Waals surface area contributed by atoms with E-state index >= 15 is 0 Å². The van der Waals surface area contributed by atoms with Crippen molar-refractivity contribution in [3.8, 4) is 0 Å². The molecule has 178 valence electrons. The molecule has 2 aliphatic rings. The van der Waals surface area contributed by atoms with Crippen LogP contribution in [0.1, 0.15) is 55.3 Å². The van der Waals surface area contributed by atoms with E-state index in [1.54, 1.807) is 18.2 Å². The second kappa shape index (κ2) is 10.6. The molecular weight excluding hydrogens is 440 g/mol. The van der Waals surface area contributed by atoms with Crippen LogP contribution in [0.25, 0.3) is 10.9 Å². The van der Waals surface area contributed by atoms with Gasteiger partial charge in [0, 0.05) is 45.2 Å². The van der Waals surface area contributed by atoms with Crippen LogP contribution < -0.4 is 5.56 Å². The minimum Gasteiger partial charge on any atom is -0.465 e. The fourth-order valence-corrected chi connectivity index (χ4v) is 5.32. The van der Waals surface area contributed by atoms with Gasteiger partial charge in [0.05, 0.1) is 23.6 Å².